The molecule has 3 rings (SSSR count). The average Bonchev–Trinajstić information content (AvgIpc) is 3.01. The van der Waals surface area contributed by atoms with Crippen LogP contribution in [-0.2, 0) is 9.84 Å². The number of H-pyrrole nitrogens is 1. The van der Waals surface area contributed by atoms with Crippen molar-refractivity contribution in [2.24, 2.45) is 0 Å². The monoisotopic (exact) mass is 420 g/mol. The van der Waals surface area contributed by atoms with Gasteiger partial charge in [-0.05, 0) is 38.1 Å². The van der Waals surface area contributed by atoms with Crippen molar-refractivity contribution in [2.75, 3.05) is 19.3 Å². The maximum absolute atomic E-state index is 14.2. The molecule has 3 aromatic rings. The molecule has 0 aliphatic carbocycles. The molecule has 1 heterocycles. The van der Waals surface area contributed by atoms with Crippen molar-refractivity contribution >= 4 is 38.4 Å². The molecule has 0 saturated heterocycles. The van der Waals surface area contributed by atoms with Crippen LogP contribution in [0, 0.1) is 5.82 Å². The highest BCUT2D eigenvalue weighted by Gasteiger charge is 2.23. The van der Waals surface area contributed by atoms with Crippen LogP contribution in [0.5, 0.6) is 0 Å². The van der Waals surface area contributed by atoms with E-state index in [-0.39, 0.29) is 16.6 Å². The lowest BCUT2D eigenvalue weighted by molar-refractivity contribution is 0.0764. The minimum Gasteiger partial charge on any atom is -0.350 e. The summed E-state index contributed by atoms with van der Waals surface area (Å²) in [6, 6.07) is 11.0. The molecule has 0 fully saturated rings. The molecule has 0 radical (unpaired) electrons. The smallest absolute Gasteiger partial charge is 0.271 e. The van der Waals surface area contributed by atoms with E-state index in [1.54, 1.807) is 29.2 Å². The highest BCUT2D eigenvalue weighted by atomic mass is 32.2. The maximum Gasteiger partial charge on any atom is 0.271 e. The molecule has 0 aliphatic heterocycles. The zero-order chi connectivity index (χ0) is 20.5. The number of aromatic nitrogens is 1. The van der Waals surface area contributed by atoms with Crippen LogP contribution in [0.1, 0.15) is 24.3 Å². The Hall–Kier alpha value is -2.32. The number of nitrogens with zero attached hydrogens (tertiary/aromatic N) is 1. The van der Waals surface area contributed by atoms with Gasteiger partial charge in [-0.15, -0.1) is 0 Å². The Labute approximate surface area is 167 Å². The molecule has 0 bridgehead atoms. The topological polar surface area (TPSA) is 70.2 Å². The van der Waals surface area contributed by atoms with Gasteiger partial charge in [-0.2, -0.15) is 0 Å². The van der Waals surface area contributed by atoms with Crippen LogP contribution in [0.4, 0.5) is 4.39 Å². The number of carbonyl (C=O) groups is 1. The summed E-state index contributed by atoms with van der Waals surface area (Å²) < 4.78 is 38.0. The third-order valence-corrected chi connectivity index (χ3v) is 6.75. The maximum atomic E-state index is 14.2. The van der Waals surface area contributed by atoms with Crippen molar-refractivity contribution < 1.29 is 17.6 Å². The molecular formula is C20H21FN2O3S2. The molecule has 148 valence electrons. The van der Waals surface area contributed by atoms with Gasteiger partial charge in [0.05, 0.1) is 9.79 Å². The number of hydrogen-bond donors (Lipinski definition) is 1. The lowest BCUT2D eigenvalue weighted by Crippen LogP contribution is -2.31. The summed E-state index contributed by atoms with van der Waals surface area (Å²) in [4.78, 5) is 18.9. The summed E-state index contributed by atoms with van der Waals surface area (Å²) in [5, 5.41) is 0.677. The minimum absolute atomic E-state index is 0.158. The van der Waals surface area contributed by atoms with Crippen LogP contribution in [0.25, 0.3) is 10.9 Å². The van der Waals surface area contributed by atoms with Crippen molar-refractivity contribution in [1.29, 1.82) is 0 Å². The first-order valence-corrected chi connectivity index (χ1v) is 11.5. The Morgan fingerprint density at radius 1 is 1.14 bits per heavy atom. The molecule has 5 nitrogen and oxygen atoms in total. The second-order valence-corrected chi connectivity index (χ2v) is 9.39. The minimum atomic E-state index is -3.39. The lowest BCUT2D eigenvalue weighted by Gasteiger charge is -2.18. The fourth-order valence-corrected chi connectivity index (χ4v) is 4.65. The number of sulfone groups is 1. The number of nitrogens with one attached hydrogen (secondary N) is 1. The molecule has 28 heavy (non-hydrogen) atoms. The average molecular weight is 421 g/mol. The number of amides is 1. The highest BCUT2D eigenvalue weighted by Crippen LogP contribution is 2.38. The second kappa shape index (κ2) is 7.97. The van der Waals surface area contributed by atoms with E-state index in [1.165, 1.54) is 18.2 Å². The Balaban J connectivity index is 2.21. The van der Waals surface area contributed by atoms with Crippen LogP contribution >= 0.6 is 11.8 Å². The zero-order valence-electron chi connectivity index (χ0n) is 15.8. The number of fused-ring (bicyclic) bond motifs is 1. The van der Waals surface area contributed by atoms with E-state index in [1.807, 2.05) is 13.8 Å². The Kier molecular flexibility index (Phi) is 5.81. The number of benzene rings is 2. The first kappa shape index (κ1) is 20.4. The second-order valence-electron chi connectivity index (χ2n) is 6.32. The molecule has 8 heteroatoms. The summed E-state index contributed by atoms with van der Waals surface area (Å²) >= 11 is 1.15. The first-order valence-electron chi connectivity index (χ1n) is 8.83. The fourth-order valence-electron chi connectivity index (χ4n) is 2.94. The summed E-state index contributed by atoms with van der Waals surface area (Å²) in [5.41, 5.74) is 0.856. The SMILES string of the molecule is CCN(CC)C(=O)c1[nH]c2cc(S(C)(=O)=O)ccc2c1Sc1ccccc1F. The van der Waals surface area contributed by atoms with Gasteiger partial charge >= 0.3 is 0 Å². The summed E-state index contributed by atoms with van der Waals surface area (Å²) in [6.07, 6.45) is 1.13. The summed E-state index contributed by atoms with van der Waals surface area (Å²) in [5.74, 6) is -0.586. The summed E-state index contributed by atoms with van der Waals surface area (Å²) in [6.45, 7) is 4.83. The largest absolute Gasteiger partial charge is 0.350 e. The van der Waals surface area contributed by atoms with Gasteiger partial charge in [-0.1, -0.05) is 30.0 Å². The molecule has 0 unspecified atom stereocenters. The molecule has 0 spiro atoms. The van der Waals surface area contributed by atoms with E-state index in [0.717, 1.165) is 18.0 Å². The molecule has 1 amide bonds. The molecule has 2 aromatic carbocycles. The first-order chi connectivity index (χ1) is 13.3. The molecule has 0 saturated carbocycles. The Bertz CT molecular complexity index is 1140. The van der Waals surface area contributed by atoms with E-state index in [2.05, 4.69) is 4.98 Å². The predicted octanol–water partition coefficient (Wildman–Crippen LogP) is 4.34. The van der Waals surface area contributed by atoms with Gasteiger partial charge < -0.3 is 9.88 Å². The number of hydrogen-bond acceptors (Lipinski definition) is 4. The third-order valence-electron chi connectivity index (χ3n) is 4.46. The van der Waals surface area contributed by atoms with E-state index >= 15 is 0 Å². The van der Waals surface area contributed by atoms with Gasteiger partial charge in [0, 0.05) is 35.1 Å². The van der Waals surface area contributed by atoms with Gasteiger partial charge in [-0.3, -0.25) is 4.79 Å². The van der Waals surface area contributed by atoms with Crippen LogP contribution in [0.15, 0.2) is 57.2 Å². The van der Waals surface area contributed by atoms with Crippen molar-refractivity contribution in [3.8, 4) is 0 Å². The Morgan fingerprint density at radius 2 is 1.82 bits per heavy atom. The number of halogens is 1. The number of aromatic amines is 1. The van der Waals surface area contributed by atoms with Crippen molar-refractivity contribution in [1.82, 2.24) is 9.88 Å². The standard InChI is InChI=1S/C20H21FN2O3S2/c1-4-23(5-2)20(24)18-19(27-17-9-7-6-8-15(17)21)14-11-10-13(28(3,25)26)12-16(14)22-18/h6-12,22H,4-5H2,1-3H3. The fraction of sp³-hybridized carbons (Fsp3) is 0.250. The van der Waals surface area contributed by atoms with E-state index in [4.69, 9.17) is 0 Å². The molecule has 1 aromatic heterocycles. The van der Waals surface area contributed by atoms with E-state index in [9.17, 15) is 17.6 Å². The highest BCUT2D eigenvalue weighted by molar-refractivity contribution is 7.99. The van der Waals surface area contributed by atoms with Crippen LogP contribution in [0.2, 0.25) is 0 Å². The Morgan fingerprint density at radius 3 is 2.43 bits per heavy atom. The van der Waals surface area contributed by atoms with Gasteiger partial charge in [0.2, 0.25) is 0 Å². The van der Waals surface area contributed by atoms with Crippen LogP contribution in [0.3, 0.4) is 0 Å². The molecular weight excluding hydrogens is 399 g/mol. The van der Waals surface area contributed by atoms with Crippen LogP contribution < -0.4 is 0 Å². The van der Waals surface area contributed by atoms with Gasteiger partial charge in [0.25, 0.3) is 5.91 Å². The zero-order valence-corrected chi connectivity index (χ0v) is 17.5. The van der Waals surface area contributed by atoms with Crippen molar-refractivity contribution in [2.45, 2.75) is 28.5 Å². The predicted molar refractivity (Wildman–Crippen MR) is 109 cm³/mol. The van der Waals surface area contributed by atoms with E-state index in [0.29, 0.717) is 39.5 Å². The normalized spacial score (nSPS) is 11.7. The molecule has 1 N–H and O–H groups in total. The lowest BCUT2D eigenvalue weighted by atomic mass is 10.2. The van der Waals surface area contributed by atoms with Gasteiger partial charge in [0.15, 0.2) is 9.84 Å². The van der Waals surface area contributed by atoms with Gasteiger partial charge in [-0.25, -0.2) is 12.8 Å². The number of rotatable bonds is 6. The molecule has 0 aliphatic rings. The van der Waals surface area contributed by atoms with Crippen molar-refractivity contribution in [3.05, 3.63) is 54.0 Å². The number of carbonyl (C=O) groups excluding carboxylic acids is 1. The summed E-state index contributed by atoms with van der Waals surface area (Å²) in [7, 11) is -3.39. The third kappa shape index (κ3) is 3.93. The van der Waals surface area contributed by atoms with Crippen molar-refractivity contribution in [3.63, 3.8) is 0 Å². The van der Waals surface area contributed by atoms with Gasteiger partial charge in [0.1, 0.15) is 11.5 Å². The quantitative estimate of drug-likeness (QED) is 0.644. The van der Waals surface area contributed by atoms with E-state index < -0.39 is 9.84 Å². The molecule has 0 atom stereocenters. The van der Waals surface area contributed by atoms with Crippen LogP contribution in [-0.4, -0.2) is 43.6 Å².